The molecule has 0 radical (unpaired) electrons. The van der Waals surface area contributed by atoms with E-state index in [-0.39, 0.29) is 18.4 Å². The number of hydrogen-bond acceptors (Lipinski definition) is 4. The third kappa shape index (κ3) is 2.15. The summed E-state index contributed by atoms with van der Waals surface area (Å²) in [6.45, 7) is 1.67. The molecular weight excluding hydrogens is 294 g/mol. The van der Waals surface area contributed by atoms with Crippen molar-refractivity contribution in [2.24, 2.45) is 0 Å². The maximum Gasteiger partial charge on any atom is 0.259 e. The molecule has 1 aliphatic rings. The van der Waals surface area contributed by atoms with Crippen LogP contribution >= 0.6 is 0 Å². The molecule has 114 valence electrons. The van der Waals surface area contributed by atoms with Gasteiger partial charge in [-0.25, -0.2) is 0 Å². The zero-order valence-electron chi connectivity index (χ0n) is 12.4. The lowest BCUT2D eigenvalue weighted by Gasteiger charge is -2.16. The highest BCUT2D eigenvalue weighted by Gasteiger charge is 2.30. The van der Waals surface area contributed by atoms with E-state index in [1.165, 1.54) is 4.90 Å². The lowest BCUT2D eigenvalue weighted by molar-refractivity contribution is -0.114. The van der Waals surface area contributed by atoms with Gasteiger partial charge in [-0.1, -0.05) is 29.4 Å². The van der Waals surface area contributed by atoms with Gasteiger partial charge in [-0.2, -0.15) is 0 Å². The first-order chi connectivity index (χ1) is 11.1. The number of carbonyl (C=O) groups is 2. The average molecular weight is 307 g/mol. The van der Waals surface area contributed by atoms with Gasteiger partial charge in [0, 0.05) is 17.0 Å². The van der Waals surface area contributed by atoms with Crippen molar-refractivity contribution in [2.45, 2.75) is 6.92 Å². The van der Waals surface area contributed by atoms with Gasteiger partial charge >= 0.3 is 0 Å². The molecular formula is C17H13N3O3. The molecule has 4 rings (SSSR count). The molecule has 3 aromatic rings. The molecule has 0 unspecified atom stereocenters. The number of hydrogen-bond donors (Lipinski definition) is 1. The van der Waals surface area contributed by atoms with Crippen LogP contribution in [0, 0.1) is 6.92 Å². The zero-order chi connectivity index (χ0) is 16.0. The van der Waals surface area contributed by atoms with Crippen molar-refractivity contribution in [2.75, 3.05) is 16.8 Å². The summed E-state index contributed by atoms with van der Waals surface area (Å²) >= 11 is 0. The van der Waals surface area contributed by atoms with Crippen LogP contribution in [0.15, 0.2) is 47.0 Å². The van der Waals surface area contributed by atoms with Crippen LogP contribution in [0.3, 0.4) is 0 Å². The summed E-state index contributed by atoms with van der Waals surface area (Å²) in [5.41, 5.74) is 1.39. The SMILES string of the molecule is Cc1cc(NC(=O)CN2C(=O)c3cccc4cccc2c34)no1. The molecule has 0 fully saturated rings. The molecule has 6 nitrogen and oxygen atoms in total. The zero-order valence-corrected chi connectivity index (χ0v) is 12.4. The van der Waals surface area contributed by atoms with Gasteiger partial charge in [-0.3, -0.25) is 14.5 Å². The van der Waals surface area contributed by atoms with E-state index in [1.807, 2.05) is 30.3 Å². The van der Waals surface area contributed by atoms with E-state index in [4.69, 9.17) is 4.52 Å². The average Bonchev–Trinajstić information content (AvgIpc) is 3.06. The Morgan fingerprint density at radius 3 is 2.78 bits per heavy atom. The topological polar surface area (TPSA) is 75.4 Å². The van der Waals surface area contributed by atoms with Gasteiger partial charge in [-0.15, -0.1) is 0 Å². The van der Waals surface area contributed by atoms with Gasteiger partial charge in [0.1, 0.15) is 12.3 Å². The largest absolute Gasteiger partial charge is 0.360 e. The summed E-state index contributed by atoms with van der Waals surface area (Å²) in [7, 11) is 0. The Balaban J connectivity index is 1.62. The van der Waals surface area contributed by atoms with Crippen LogP contribution in [-0.4, -0.2) is 23.5 Å². The number of anilines is 2. The summed E-state index contributed by atoms with van der Waals surface area (Å²) < 4.78 is 4.91. The molecule has 0 atom stereocenters. The molecule has 0 bridgehead atoms. The molecule has 0 saturated carbocycles. The summed E-state index contributed by atoms with van der Waals surface area (Å²) in [5, 5.41) is 8.23. The third-order valence-corrected chi connectivity index (χ3v) is 3.85. The van der Waals surface area contributed by atoms with Gasteiger partial charge in [0.2, 0.25) is 5.91 Å². The lowest BCUT2D eigenvalue weighted by Crippen LogP contribution is -2.35. The van der Waals surface area contributed by atoms with Crippen molar-refractivity contribution < 1.29 is 14.1 Å². The van der Waals surface area contributed by atoms with E-state index in [0.29, 0.717) is 17.1 Å². The van der Waals surface area contributed by atoms with Gasteiger partial charge in [-0.05, 0) is 24.4 Å². The minimum atomic E-state index is -0.323. The molecule has 0 aliphatic carbocycles. The molecule has 1 aromatic heterocycles. The first-order valence-corrected chi connectivity index (χ1v) is 7.20. The van der Waals surface area contributed by atoms with E-state index >= 15 is 0 Å². The number of carbonyl (C=O) groups excluding carboxylic acids is 2. The fourth-order valence-corrected chi connectivity index (χ4v) is 2.89. The van der Waals surface area contributed by atoms with Crippen molar-refractivity contribution in [1.82, 2.24) is 5.16 Å². The molecule has 1 N–H and O–H groups in total. The van der Waals surface area contributed by atoms with E-state index in [1.54, 1.807) is 19.1 Å². The lowest BCUT2D eigenvalue weighted by atomic mass is 10.1. The highest BCUT2D eigenvalue weighted by Crippen LogP contribution is 2.36. The number of amides is 2. The predicted octanol–water partition coefficient (Wildman–Crippen LogP) is 2.74. The summed E-state index contributed by atoms with van der Waals surface area (Å²) in [5.74, 6) is 0.462. The number of benzene rings is 2. The highest BCUT2D eigenvalue weighted by molar-refractivity contribution is 6.26. The van der Waals surface area contributed by atoms with Crippen LogP contribution < -0.4 is 10.2 Å². The standard InChI is InChI=1S/C17H13N3O3/c1-10-8-14(19-23-10)18-15(21)9-20-13-7-3-5-11-4-2-6-12(16(11)13)17(20)22/h2-8H,9H2,1H3,(H,18,19,21). The van der Waals surface area contributed by atoms with Gasteiger partial charge < -0.3 is 9.84 Å². The molecule has 1 aliphatic heterocycles. The molecule has 23 heavy (non-hydrogen) atoms. The van der Waals surface area contributed by atoms with Crippen molar-refractivity contribution >= 4 is 34.1 Å². The Bertz CT molecular complexity index is 940. The van der Waals surface area contributed by atoms with Crippen LogP contribution in [0.4, 0.5) is 11.5 Å². The number of nitrogens with zero attached hydrogens (tertiary/aromatic N) is 2. The monoisotopic (exact) mass is 307 g/mol. The second-order valence-corrected chi connectivity index (χ2v) is 5.44. The number of rotatable bonds is 3. The quantitative estimate of drug-likeness (QED) is 0.807. The normalized spacial score (nSPS) is 12.9. The van der Waals surface area contributed by atoms with E-state index < -0.39 is 0 Å². The molecule has 0 saturated heterocycles. The second-order valence-electron chi connectivity index (χ2n) is 5.44. The van der Waals surface area contributed by atoms with E-state index in [0.717, 1.165) is 16.5 Å². The van der Waals surface area contributed by atoms with Gasteiger partial charge in [0.25, 0.3) is 5.91 Å². The number of aryl methyl sites for hydroxylation is 1. The van der Waals surface area contributed by atoms with E-state index in [9.17, 15) is 9.59 Å². The molecule has 2 aromatic carbocycles. The predicted molar refractivity (Wildman–Crippen MR) is 85.5 cm³/mol. The van der Waals surface area contributed by atoms with Gasteiger partial charge in [0.15, 0.2) is 5.82 Å². The Morgan fingerprint density at radius 2 is 2.04 bits per heavy atom. The Hall–Kier alpha value is -3.15. The first kappa shape index (κ1) is 13.5. The third-order valence-electron chi connectivity index (χ3n) is 3.85. The summed E-state index contributed by atoms with van der Waals surface area (Å²) in [6.07, 6.45) is 0. The van der Waals surface area contributed by atoms with Gasteiger partial charge in [0.05, 0.1) is 5.69 Å². The van der Waals surface area contributed by atoms with Crippen LogP contribution in [0.2, 0.25) is 0 Å². The number of nitrogens with one attached hydrogen (secondary N) is 1. The first-order valence-electron chi connectivity index (χ1n) is 7.20. The Labute approximate surface area is 131 Å². The Kier molecular flexibility index (Phi) is 2.90. The summed E-state index contributed by atoms with van der Waals surface area (Å²) in [6, 6.07) is 12.9. The molecule has 2 amide bonds. The highest BCUT2D eigenvalue weighted by atomic mass is 16.5. The minimum Gasteiger partial charge on any atom is -0.360 e. The van der Waals surface area contributed by atoms with E-state index in [2.05, 4.69) is 10.5 Å². The van der Waals surface area contributed by atoms with Crippen molar-refractivity contribution in [3.05, 3.63) is 53.8 Å². The van der Waals surface area contributed by atoms with Crippen molar-refractivity contribution in [3.8, 4) is 0 Å². The summed E-state index contributed by atoms with van der Waals surface area (Å²) in [4.78, 5) is 26.3. The molecule has 0 spiro atoms. The molecule has 2 heterocycles. The van der Waals surface area contributed by atoms with Crippen LogP contribution in [0.25, 0.3) is 10.8 Å². The van der Waals surface area contributed by atoms with Crippen LogP contribution in [-0.2, 0) is 4.79 Å². The second kappa shape index (κ2) is 4.95. The fourth-order valence-electron chi connectivity index (χ4n) is 2.89. The van der Waals surface area contributed by atoms with Crippen molar-refractivity contribution in [1.29, 1.82) is 0 Å². The maximum absolute atomic E-state index is 12.6. The smallest absolute Gasteiger partial charge is 0.259 e. The molecule has 6 heteroatoms. The number of aromatic nitrogens is 1. The van der Waals surface area contributed by atoms with Crippen LogP contribution in [0.1, 0.15) is 16.1 Å². The van der Waals surface area contributed by atoms with Crippen molar-refractivity contribution in [3.63, 3.8) is 0 Å². The maximum atomic E-state index is 12.6. The minimum absolute atomic E-state index is 0.0709. The van der Waals surface area contributed by atoms with Crippen LogP contribution in [0.5, 0.6) is 0 Å². The fraction of sp³-hybridized carbons (Fsp3) is 0.118. The Morgan fingerprint density at radius 1 is 1.26 bits per heavy atom.